The molecule has 0 unspecified atom stereocenters. The molecule has 0 aliphatic rings. The highest BCUT2D eigenvalue weighted by molar-refractivity contribution is 5.81. The molecule has 20 heavy (non-hydrogen) atoms. The fourth-order valence-electron chi connectivity index (χ4n) is 2.24. The molecule has 0 radical (unpaired) electrons. The highest BCUT2D eigenvalue weighted by Gasteiger charge is 2.07. The molecule has 3 aromatic rings. The predicted molar refractivity (Wildman–Crippen MR) is 78.0 cm³/mol. The summed E-state index contributed by atoms with van der Waals surface area (Å²) in [5.74, 6) is 0. The third kappa shape index (κ3) is 2.53. The Hall–Kier alpha value is -2.27. The molecule has 2 heterocycles. The van der Waals surface area contributed by atoms with E-state index >= 15 is 0 Å². The molecule has 0 amide bonds. The average Bonchev–Trinajstić information content (AvgIpc) is 2.79. The number of aryl methyl sites for hydroxylation is 2. The van der Waals surface area contributed by atoms with Gasteiger partial charge in [-0.1, -0.05) is 18.2 Å². The van der Waals surface area contributed by atoms with E-state index in [2.05, 4.69) is 32.5 Å². The lowest BCUT2D eigenvalue weighted by atomic mass is 10.2. The third-order valence-corrected chi connectivity index (χ3v) is 3.27. The molecule has 0 aliphatic heterocycles. The number of nitrogens with zero attached hydrogens (tertiary/aromatic N) is 4. The monoisotopic (exact) mass is 267 g/mol. The fraction of sp³-hybridized carbons (Fsp3) is 0.267. The van der Waals surface area contributed by atoms with Crippen LogP contribution in [0.15, 0.2) is 36.7 Å². The summed E-state index contributed by atoms with van der Waals surface area (Å²) in [6.07, 6.45) is 3.59. The maximum Gasteiger partial charge on any atom is 0.0841 e. The lowest BCUT2D eigenvalue weighted by Crippen LogP contribution is -2.14. The van der Waals surface area contributed by atoms with Crippen LogP contribution in [-0.2, 0) is 20.1 Å². The Morgan fingerprint density at radius 2 is 1.95 bits per heavy atom. The van der Waals surface area contributed by atoms with E-state index in [1.54, 1.807) is 12.4 Å². The van der Waals surface area contributed by atoms with Crippen LogP contribution >= 0.6 is 0 Å². The Bertz CT molecular complexity index is 715. The maximum absolute atomic E-state index is 4.55. The van der Waals surface area contributed by atoms with Gasteiger partial charge in [0.05, 0.1) is 22.6 Å². The zero-order valence-electron chi connectivity index (χ0n) is 11.7. The first-order valence-corrected chi connectivity index (χ1v) is 6.63. The maximum atomic E-state index is 4.55. The number of rotatable bonds is 4. The zero-order valence-corrected chi connectivity index (χ0v) is 11.7. The molecule has 5 heteroatoms. The molecular formula is C15H17N5. The van der Waals surface area contributed by atoms with E-state index in [1.807, 2.05) is 30.8 Å². The van der Waals surface area contributed by atoms with E-state index in [0.29, 0.717) is 6.54 Å². The summed E-state index contributed by atoms with van der Waals surface area (Å²) < 4.78 is 1.91. The van der Waals surface area contributed by atoms with Crippen LogP contribution in [0.25, 0.3) is 10.9 Å². The van der Waals surface area contributed by atoms with Gasteiger partial charge in [-0.15, -0.1) is 0 Å². The smallest absolute Gasteiger partial charge is 0.0841 e. The number of para-hydroxylation sites is 1. The van der Waals surface area contributed by atoms with Crippen molar-refractivity contribution in [1.29, 1.82) is 0 Å². The van der Waals surface area contributed by atoms with Crippen molar-refractivity contribution in [2.75, 3.05) is 0 Å². The van der Waals surface area contributed by atoms with Crippen molar-refractivity contribution >= 4 is 10.9 Å². The fourth-order valence-corrected chi connectivity index (χ4v) is 2.24. The molecule has 0 spiro atoms. The van der Waals surface area contributed by atoms with Gasteiger partial charge in [0.25, 0.3) is 0 Å². The second-order valence-electron chi connectivity index (χ2n) is 4.84. The van der Waals surface area contributed by atoms with Crippen LogP contribution in [0.3, 0.4) is 0 Å². The van der Waals surface area contributed by atoms with E-state index in [9.17, 15) is 0 Å². The molecule has 5 nitrogen and oxygen atoms in total. The van der Waals surface area contributed by atoms with Crippen LogP contribution in [0.4, 0.5) is 0 Å². The van der Waals surface area contributed by atoms with Gasteiger partial charge in [-0.2, -0.15) is 5.10 Å². The van der Waals surface area contributed by atoms with Gasteiger partial charge in [0.2, 0.25) is 0 Å². The minimum atomic E-state index is 0.693. The summed E-state index contributed by atoms with van der Waals surface area (Å²) in [7, 11) is 1.97. The second kappa shape index (κ2) is 5.38. The molecule has 2 aromatic heterocycles. The summed E-state index contributed by atoms with van der Waals surface area (Å²) in [5, 5.41) is 9.11. The van der Waals surface area contributed by atoms with Crippen molar-refractivity contribution in [2.24, 2.45) is 7.05 Å². The first-order valence-electron chi connectivity index (χ1n) is 6.63. The quantitative estimate of drug-likeness (QED) is 0.785. The van der Waals surface area contributed by atoms with Crippen molar-refractivity contribution in [2.45, 2.75) is 20.0 Å². The molecular weight excluding hydrogens is 250 g/mol. The molecule has 0 aliphatic carbocycles. The van der Waals surface area contributed by atoms with Crippen molar-refractivity contribution < 1.29 is 0 Å². The van der Waals surface area contributed by atoms with E-state index in [4.69, 9.17) is 0 Å². The van der Waals surface area contributed by atoms with Crippen LogP contribution in [0.1, 0.15) is 17.1 Å². The first kappa shape index (κ1) is 12.7. The number of hydrogen-bond donors (Lipinski definition) is 1. The van der Waals surface area contributed by atoms with Crippen LogP contribution in [0, 0.1) is 6.92 Å². The van der Waals surface area contributed by atoms with E-state index in [1.165, 1.54) is 5.39 Å². The molecule has 3 rings (SSSR count). The highest BCUT2D eigenvalue weighted by atomic mass is 15.3. The summed E-state index contributed by atoms with van der Waals surface area (Å²) in [6.45, 7) is 3.35. The molecule has 0 saturated heterocycles. The number of nitrogens with one attached hydrogen (secondary N) is 1. The Balaban J connectivity index is 1.70. The lowest BCUT2D eigenvalue weighted by Gasteiger charge is -2.02. The number of aromatic nitrogens is 4. The van der Waals surface area contributed by atoms with Crippen molar-refractivity contribution in [3.63, 3.8) is 0 Å². The van der Waals surface area contributed by atoms with Crippen LogP contribution in [0.5, 0.6) is 0 Å². The topological polar surface area (TPSA) is 55.6 Å². The summed E-state index contributed by atoms with van der Waals surface area (Å²) in [4.78, 5) is 8.56. The molecule has 0 saturated carbocycles. The van der Waals surface area contributed by atoms with Crippen molar-refractivity contribution in [3.05, 3.63) is 53.7 Å². The highest BCUT2D eigenvalue weighted by Crippen LogP contribution is 2.17. The minimum Gasteiger partial charge on any atom is -0.305 e. The first-order chi connectivity index (χ1) is 9.74. The summed E-state index contributed by atoms with van der Waals surface area (Å²) in [5.41, 5.74) is 4.09. The molecule has 0 bridgehead atoms. The summed E-state index contributed by atoms with van der Waals surface area (Å²) >= 11 is 0. The van der Waals surface area contributed by atoms with Gasteiger partial charge in [-0.25, -0.2) is 0 Å². The van der Waals surface area contributed by atoms with E-state index < -0.39 is 0 Å². The Kier molecular flexibility index (Phi) is 3.43. The normalized spacial score (nSPS) is 11.1. The standard InChI is InChI=1S/C15H17N5/c1-11-7-18-12(9-17-11)8-16-10-14-13-5-3-4-6-15(13)20(2)19-14/h3-7,9,16H,8,10H2,1-2H3. The third-order valence-electron chi connectivity index (χ3n) is 3.27. The van der Waals surface area contributed by atoms with Crippen molar-refractivity contribution in [1.82, 2.24) is 25.1 Å². The van der Waals surface area contributed by atoms with Gasteiger partial charge in [0.15, 0.2) is 0 Å². The molecule has 0 atom stereocenters. The molecule has 1 N–H and O–H groups in total. The van der Waals surface area contributed by atoms with Gasteiger partial charge in [0, 0.05) is 37.9 Å². The molecule has 102 valence electrons. The average molecular weight is 267 g/mol. The van der Waals surface area contributed by atoms with E-state index in [0.717, 1.165) is 29.1 Å². The predicted octanol–water partition coefficient (Wildman–Crippen LogP) is 1.96. The lowest BCUT2D eigenvalue weighted by molar-refractivity contribution is 0.650. The Morgan fingerprint density at radius 1 is 1.10 bits per heavy atom. The van der Waals surface area contributed by atoms with Crippen LogP contribution in [-0.4, -0.2) is 19.7 Å². The van der Waals surface area contributed by atoms with Crippen LogP contribution < -0.4 is 5.32 Å². The number of fused-ring (bicyclic) bond motifs is 1. The van der Waals surface area contributed by atoms with Gasteiger partial charge in [-0.3, -0.25) is 14.6 Å². The van der Waals surface area contributed by atoms with Gasteiger partial charge in [-0.05, 0) is 13.0 Å². The van der Waals surface area contributed by atoms with Gasteiger partial charge >= 0.3 is 0 Å². The number of benzene rings is 1. The summed E-state index contributed by atoms with van der Waals surface area (Å²) in [6, 6.07) is 8.25. The largest absolute Gasteiger partial charge is 0.305 e. The molecule has 0 fully saturated rings. The minimum absolute atomic E-state index is 0.693. The molecule has 1 aromatic carbocycles. The SMILES string of the molecule is Cc1cnc(CNCc2nn(C)c3ccccc23)cn1. The van der Waals surface area contributed by atoms with Gasteiger partial charge < -0.3 is 5.32 Å². The Labute approximate surface area is 117 Å². The van der Waals surface area contributed by atoms with Gasteiger partial charge in [0.1, 0.15) is 0 Å². The van der Waals surface area contributed by atoms with Crippen molar-refractivity contribution in [3.8, 4) is 0 Å². The number of hydrogen-bond acceptors (Lipinski definition) is 4. The van der Waals surface area contributed by atoms with Crippen LogP contribution in [0.2, 0.25) is 0 Å². The van der Waals surface area contributed by atoms with E-state index in [-0.39, 0.29) is 0 Å². The Morgan fingerprint density at radius 3 is 2.75 bits per heavy atom. The second-order valence-corrected chi connectivity index (χ2v) is 4.84. The zero-order chi connectivity index (χ0) is 13.9.